The molecule has 47 heavy (non-hydrogen) atoms. The lowest BCUT2D eigenvalue weighted by Gasteiger charge is -2.25. The molecular weight excluding hydrogens is 647 g/mol. The number of para-hydroxylation sites is 1. The topological polar surface area (TPSA) is 167 Å². The van der Waals surface area contributed by atoms with Crippen LogP contribution in [0.2, 0.25) is 0 Å². The Morgan fingerprint density at radius 3 is 2.64 bits per heavy atom. The molecule has 3 aliphatic rings. The Hall–Kier alpha value is -3.72. The first-order chi connectivity index (χ1) is 22.8. The molecule has 0 radical (unpaired) electrons. The third kappa shape index (κ3) is 6.56. The molecule has 4 aromatic rings. The summed E-state index contributed by atoms with van der Waals surface area (Å²) < 4.78 is 54.7. The molecular formula is C31H35N6O8PS. The predicted molar refractivity (Wildman–Crippen MR) is 172 cm³/mol. The number of ether oxygens (including phenoxy) is 2. The van der Waals surface area contributed by atoms with Crippen LogP contribution in [0.3, 0.4) is 0 Å². The Morgan fingerprint density at radius 2 is 1.87 bits per heavy atom. The van der Waals surface area contributed by atoms with E-state index in [1.807, 2.05) is 13.0 Å². The van der Waals surface area contributed by atoms with E-state index in [0.29, 0.717) is 18.6 Å². The number of hydrogen-bond donors (Lipinski definition) is 2. The highest BCUT2D eigenvalue weighted by atomic mass is 32.2. The lowest BCUT2D eigenvalue weighted by atomic mass is 10.1. The van der Waals surface area contributed by atoms with Gasteiger partial charge in [0.2, 0.25) is 0 Å². The third-order valence-electron chi connectivity index (χ3n) is 8.59. The van der Waals surface area contributed by atoms with Crippen molar-refractivity contribution < 1.29 is 31.7 Å². The van der Waals surface area contributed by atoms with Crippen molar-refractivity contribution in [3.63, 3.8) is 0 Å². The van der Waals surface area contributed by atoms with Crippen molar-refractivity contribution in [2.45, 2.75) is 68.1 Å². The minimum atomic E-state index is -3.55. The van der Waals surface area contributed by atoms with Gasteiger partial charge >= 0.3 is 5.69 Å². The highest BCUT2D eigenvalue weighted by molar-refractivity contribution is 7.91. The summed E-state index contributed by atoms with van der Waals surface area (Å²) in [4.78, 5) is 37.4. The van der Waals surface area contributed by atoms with Gasteiger partial charge in [0, 0.05) is 19.0 Å². The zero-order valence-corrected chi connectivity index (χ0v) is 27.3. The van der Waals surface area contributed by atoms with E-state index in [4.69, 9.17) is 18.5 Å². The van der Waals surface area contributed by atoms with Crippen LogP contribution in [0, 0.1) is 0 Å². The summed E-state index contributed by atoms with van der Waals surface area (Å²) in [7, 11) is -5.08. The number of nitrogens with zero attached hydrogens (tertiary/aromatic N) is 4. The Labute approximate surface area is 272 Å². The summed E-state index contributed by atoms with van der Waals surface area (Å²) in [5, 5.41) is 2.69. The molecule has 3 fully saturated rings. The first kappa shape index (κ1) is 31.9. The maximum absolute atomic E-state index is 13.3. The molecule has 248 valence electrons. The number of H-pyrrole nitrogens is 1. The van der Waals surface area contributed by atoms with E-state index in [2.05, 4.69) is 24.9 Å². The van der Waals surface area contributed by atoms with Gasteiger partial charge in [-0.25, -0.2) is 32.4 Å². The lowest BCUT2D eigenvalue weighted by molar-refractivity contribution is -0.118. The van der Waals surface area contributed by atoms with E-state index in [0.717, 1.165) is 19.4 Å². The van der Waals surface area contributed by atoms with E-state index < -0.39 is 48.4 Å². The van der Waals surface area contributed by atoms with Crippen molar-refractivity contribution in [2.24, 2.45) is 0 Å². The van der Waals surface area contributed by atoms with Crippen LogP contribution < -0.4 is 15.7 Å². The SMILES string of the molecule is CC[C@H]1O[C@@H](n2c(=O)[nH]c3c(NC(=O)COc4ccccc4)ncnc32)CC1O[P@@]1O[C@H](CS(=O)(=O)c2ccccc2)[C@@H]2CCCN21. The Bertz CT molecular complexity index is 1890. The van der Waals surface area contributed by atoms with Crippen molar-refractivity contribution in [2.75, 3.05) is 24.2 Å². The smallest absolute Gasteiger partial charge is 0.329 e. The molecule has 0 bridgehead atoms. The van der Waals surface area contributed by atoms with Crippen molar-refractivity contribution in [3.05, 3.63) is 77.5 Å². The van der Waals surface area contributed by atoms with Gasteiger partial charge in [0.15, 0.2) is 27.9 Å². The summed E-state index contributed by atoms with van der Waals surface area (Å²) in [5.74, 6) is 0.120. The number of anilines is 1. The predicted octanol–water partition coefficient (Wildman–Crippen LogP) is 3.78. The fourth-order valence-corrected chi connectivity index (χ4v) is 9.94. The molecule has 2 N–H and O–H groups in total. The number of rotatable bonds is 11. The molecule has 2 aromatic carbocycles. The average molecular weight is 683 g/mol. The number of nitrogens with one attached hydrogen (secondary N) is 2. The monoisotopic (exact) mass is 682 g/mol. The molecule has 0 aliphatic carbocycles. The maximum Gasteiger partial charge on any atom is 0.329 e. The number of carbonyl (C=O) groups excluding carboxylic acids is 1. The number of imidazole rings is 1. The summed E-state index contributed by atoms with van der Waals surface area (Å²) in [6.45, 7) is 2.49. The van der Waals surface area contributed by atoms with Gasteiger partial charge < -0.3 is 28.8 Å². The second kappa shape index (κ2) is 13.4. The summed E-state index contributed by atoms with van der Waals surface area (Å²) in [6, 6.07) is 17.3. The number of amides is 1. The number of aromatic amines is 1. The molecule has 16 heteroatoms. The van der Waals surface area contributed by atoms with Gasteiger partial charge in [-0.05, 0) is 43.5 Å². The van der Waals surface area contributed by atoms with E-state index in [1.165, 1.54) is 10.9 Å². The first-order valence-electron chi connectivity index (χ1n) is 15.6. The van der Waals surface area contributed by atoms with Crippen LogP contribution in [-0.2, 0) is 28.4 Å². The molecule has 3 saturated heterocycles. The Balaban J connectivity index is 1.05. The van der Waals surface area contributed by atoms with Crippen molar-refractivity contribution >= 4 is 41.3 Å². The molecule has 0 spiro atoms. The van der Waals surface area contributed by atoms with Crippen LogP contribution in [0.1, 0.15) is 38.8 Å². The molecule has 3 aliphatic heterocycles. The average Bonchev–Trinajstić information content (AvgIpc) is 3.85. The molecule has 1 amide bonds. The Kier molecular flexibility index (Phi) is 9.09. The zero-order valence-electron chi connectivity index (χ0n) is 25.6. The van der Waals surface area contributed by atoms with Crippen LogP contribution in [-0.4, -0.2) is 81.8 Å². The van der Waals surface area contributed by atoms with Gasteiger partial charge in [-0.2, -0.15) is 0 Å². The van der Waals surface area contributed by atoms with Gasteiger partial charge in [0.05, 0.1) is 29.0 Å². The molecule has 1 unspecified atom stereocenters. The number of sulfone groups is 1. The minimum Gasteiger partial charge on any atom is -0.484 e. The van der Waals surface area contributed by atoms with Crippen molar-refractivity contribution in [1.29, 1.82) is 0 Å². The van der Waals surface area contributed by atoms with Crippen LogP contribution in [0.5, 0.6) is 5.75 Å². The summed E-state index contributed by atoms with van der Waals surface area (Å²) in [6.07, 6.45) is 2.04. The zero-order chi connectivity index (χ0) is 32.5. The van der Waals surface area contributed by atoms with Crippen LogP contribution in [0.25, 0.3) is 11.2 Å². The van der Waals surface area contributed by atoms with Crippen LogP contribution in [0.4, 0.5) is 5.82 Å². The van der Waals surface area contributed by atoms with Crippen molar-refractivity contribution in [1.82, 2.24) is 24.2 Å². The summed E-state index contributed by atoms with van der Waals surface area (Å²) >= 11 is 0. The number of fused-ring (bicyclic) bond motifs is 2. The van der Waals surface area contributed by atoms with E-state index >= 15 is 0 Å². The standard InChI is InChI=1S/C31H35N6O8PS/c1-2-23-24(44-46-36-15-9-14-22(36)25(45-46)18-47(40,41)21-12-7-4-8-13-21)16-27(43-23)37-30-28(35-31(37)39)29(32-19-33-30)34-26(38)17-42-20-10-5-3-6-11-20/h3-8,10-13,19,22-25,27H,2,9,14-18H2,1H3,(H,35,39)(H,32,33,34,38)/t22-,23+,24?,25+,27+,46-/m0/s1. The first-order valence-corrected chi connectivity index (χ1v) is 18.4. The van der Waals surface area contributed by atoms with Gasteiger partial charge in [-0.3, -0.25) is 4.79 Å². The van der Waals surface area contributed by atoms with Crippen molar-refractivity contribution in [3.8, 4) is 5.75 Å². The fourth-order valence-electron chi connectivity index (χ4n) is 6.35. The number of benzene rings is 2. The second-order valence-electron chi connectivity index (χ2n) is 11.6. The van der Waals surface area contributed by atoms with Crippen LogP contribution in [0.15, 0.2) is 76.7 Å². The maximum atomic E-state index is 13.3. The van der Waals surface area contributed by atoms with Gasteiger partial charge in [0.1, 0.15) is 23.8 Å². The van der Waals surface area contributed by atoms with E-state index in [9.17, 15) is 18.0 Å². The normalized spacial score (nSPS) is 26.1. The lowest BCUT2D eigenvalue weighted by Crippen LogP contribution is -2.33. The molecule has 5 heterocycles. The number of aromatic nitrogens is 4. The highest BCUT2D eigenvalue weighted by Crippen LogP contribution is 2.58. The highest BCUT2D eigenvalue weighted by Gasteiger charge is 2.50. The number of hydrogen-bond acceptors (Lipinski definition) is 11. The quantitative estimate of drug-likeness (QED) is 0.221. The van der Waals surface area contributed by atoms with Gasteiger partial charge in [-0.1, -0.05) is 43.3 Å². The van der Waals surface area contributed by atoms with E-state index in [-0.39, 0.29) is 46.4 Å². The number of carbonyl (C=O) groups is 1. The van der Waals surface area contributed by atoms with Gasteiger partial charge in [-0.15, -0.1) is 0 Å². The largest absolute Gasteiger partial charge is 0.484 e. The third-order valence-corrected chi connectivity index (χ3v) is 12.2. The molecule has 14 nitrogen and oxygen atoms in total. The molecule has 7 rings (SSSR count). The minimum absolute atomic E-state index is 0.0440. The van der Waals surface area contributed by atoms with Gasteiger partial charge in [0.25, 0.3) is 14.4 Å². The van der Waals surface area contributed by atoms with Crippen LogP contribution >= 0.6 is 8.53 Å². The summed E-state index contributed by atoms with van der Waals surface area (Å²) in [5.41, 5.74) is 0.0708. The fraction of sp³-hybridized carbons (Fsp3) is 0.419. The second-order valence-corrected chi connectivity index (χ2v) is 15.1. The Morgan fingerprint density at radius 1 is 1.11 bits per heavy atom. The molecule has 0 saturated carbocycles. The molecule has 6 atom stereocenters. The molecule has 2 aromatic heterocycles. The van der Waals surface area contributed by atoms with E-state index in [1.54, 1.807) is 54.6 Å².